The quantitative estimate of drug-likeness (QED) is 0.644. The van der Waals surface area contributed by atoms with Gasteiger partial charge in [0, 0.05) is 5.69 Å². The lowest BCUT2D eigenvalue weighted by Crippen LogP contribution is -2.14. The van der Waals surface area contributed by atoms with Gasteiger partial charge in [0.1, 0.15) is 5.75 Å². The Bertz CT molecular complexity index is 819. The van der Waals surface area contributed by atoms with E-state index in [1.165, 1.54) is 17.5 Å². The van der Waals surface area contributed by atoms with E-state index in [9.17, 15) is 9.59 Å². The van der Waals surface area contributed by atoms with Gasteiger partial charge in [-0.05, 0) is 68.9 Å². The zero-order valence-electron chi connectivity index (χ0n) is 14.9. The van der Waals surface area contributed by atoms with E-state index in [2.05, 4.69) is 11.1 Å². The molecule has 0 saturated heterocycles. The number of Topliss-reactive ketones (excluding diaryl/α,β-unsaturated/α-hetero) is 1. The summed E-state index contributed by atoms with van der Waals surface area (Å²) < 4.78 is 10.7. The fourth-order valence-corrected chi connectivity index (χ4v) is 3.40. The van der Waals surface area contributed by atoms with Crippen molar-refractivity contribution >= 4 is 11.8 Å². The topological polar surface area (TPSA) is 68.4 Å². The van der Waals surface area contributed by atoms with Gasteiger partial charge in [0.15, 0.2) is 6.61 Å². The van der Waals surface area contributed by atoms with Crippen LogP contribution >= 0.6 is 0 Å². The highest BCUT2D eigenvalue weighted by molar-refractivity contribution is 6.02. The third-order valence-electron chi connectivity index (χ3n) is 4.64. The number of ether oxygens (including phenoxy) is 2. The number of nitrogens with one attached hydrogen (secondary N) is 1. The van der Waals surface area contributed by atoms with Gasteiger partial charge in [-0.2, -0.15) is 0 Å². The molecule has 1 aromatic heterocycles. The number of carbonyl (C=O) groups is 2. The number of ketones is 1. The van der Waals surface area contributed by atoms with Gasteiger partial charge in [0.05, 0.1) is 17.9 Å². The maximum atomic E-state index is 12.5. The molecule has 1 heterocycles. The average molecular weight is 341 g/mol. The minimum Gasteiger partial charge on any atom is -0.485 e. The van der Waals surface area contributed by atoms with E-state index >= 15 is 0 Å². The third-order valence-corrected chi connectivity index (χ3v) is 4.64. The second kappa shape index (κ2) is 7.13. The Balaban J connectivity index is 1.71. The van der Waals surface area contributed by atoms with Crippen molar-refractivity contribution in [1.29, 1.82) is 0 Å². The van der Waals surface area contributed by atoms with Gasteiger partial charge < -0.3 is 14.5 Å². The van der Waals surface area contributed by atoms with Crippen LogP contribution in [-0.2, 0) is 17.6 Å². The smallest absolute Gasteiger partial charge is 0.340 e. The molecule has 0 aliphatic heterocycles. The molecule has 3 rings (SSSR count). The van der Waals surface area contributed by atoms with E-state index in [1.807, 2.05) is 12.1 Å². The number of H-pyrrole nitrogens is 1. The molecule has 2 aromatic rings. The van der Waals surface area contributed by atoms with Crippen LogP contribution < -0.4 is 4.74 Å². The molecule has 0 saturated carbocycles. The first-order chi connectivity index (χ1) is 12.0. The van der Waals surface area contributed by atoms with Gasteiger partial charge in [-0.15, -0.1) is 0 Å². The Morgan fingerprint density at radius 1 is 1.16 bits per heavy atom. The Kier molecular flexibility index (Phi) is 4.93. The summed E-state index contributed by atoms with van der Waals surface area (Å²) in [6.07, 6.45) is 3.36. The van der Waals surface area contributed by atoms with Gasteiger partial charge in [0.25, 0.3) is 0 Å². The van der Waals surface area contributed by atoms with Crippen molar-refractivity contribution in [3.63, 3.8) is 0 Å². The molecule has 5 heteroatoms. The number of carbonyl (C=O) groups excluding carboxylic acids is 2. The van der Waals surface area contributed by atoms with Gasteiger partial charge in [0.2, 0.25) is 5.78 Å². The predicted octanol–water partition coefficient (Wildman–Crippen LogP) is 3.56. The summed E-state index contributed by atoms with van der Waals surface area (Å²) in [5, 5.41) is 0. The van der Waals surface area contributed by atoms with Crippen LogP contribution in [0.2, 0.25) is 0 Å². The van der Waals surface area contributed by atoms with Crippen molar-refractivity contribution in [3.8, 4) is 5.75 Å². The Morgan fingerprint density at radius 2 is 1.92 bits per heavy atom. The summed E-state index contributed by atoms with van der Waals surface area (Å²) in [6.45, 7) is 5.50. The highest BCUT2D eigenvalue weighted by atomic mass is 16.5. The number of benzene rings is 1. The number of fused-ring (bicyclic) bond motifs is 1. The van der Waals surface area contributed by atoms with Crippen LogP contribution in [0, 0.1) is 13.8 Å². The molecule has 0 unspecified atom stereocenters. The monoisotopic (exact) mass is 341 g/mol. The van der Waals surface area contributed by atoms with Gasteiger partial charge in [-0.1, -0.05) is 6.07 Å². The van der Waals surface area contributed by atoms with Gasteiger partial charge in [-0.25, -0.2) is 4.79 Å². The first-order valence-corrected chi connectivity index (χ1v) is 8.65. The van der Waals surface area contributed by atoms with Crippen LogP contribution in [0.1, 0.15) is 56.6 Å². The Hall–Kier alpha value is -2.56. The van der Waals surface area contributed by atoms with Gasteiger partial charge in [-0.3, -0.25) is 4.79 Å². The lowest BCUT2D eigenvalue weighted by molar-refractivity contribution is 0.0525. The summed E-state index contributed by atoms with van der Waals surface area (Å²) in [7, 11) is 0. The van der Waals surface area contributed by atoms with E-state index < -0.39 is 5.97 Å². The van der Waals surface area contributed by atoms with Crippen LogP contribution in [0.5, 0.6) is 5.75 Å². The first kappa shape index (κ1) is 17.3. The van der Waals surface area contributed by atoms with Crippen LogP contribution in [0.4, 0.5) is 0 Å². The second-order valence-corrected chi connectivity index (χ2v) is 6.34. The Morgan fingerprint density at radius 3 is 2.68 bits per heavy atom. The number of aromatic nitrogens is 1. The molecule has 1 aromatic carbocycles. The van der Waals surface area contributed by atoms with E-state index in [4.69, 9.17) is 9.47 Å². The third kappa shape index (κ3) is 3.45. The standard InChI is InChI=1S/C20H23NO4/c1-4-24-20(23)18-12(2)19(21-13(18)3)17(22)11-25-16-9-8-14-6-5-7-15(14)10-16/h8-10,21H,4-7,11H2,1-3H3. The molecule has 5 nitrogen and oxygen atoms in total. The first-order valence-electron chi connectivity index (χ1n) is 8.65. The van der Waals surface area contributed by atoms with E-state index in [0.29, 0.717) is 34.9 Å². The molecule has 1 aliphatic carbocycles. The molecule has 0 fully saturated rings. The lowest BCUT2D eigenvalue weighted by atomic mass is 10.1. The number of hydrogen-bond donors (Lipinski definition) is 1. The van der Waals surface area contributed by atoms with Crippen molar-refractivity contribution in [3.05, 3.63) is 51.8 Å². The molecule has 25 heavy (non-hydrogen) atoms. The fourth-order valence-electron chi connectivity index (χ4n) is 3.40. The van der Waals surface area contributed by atoms with Crippen molar-refractivity contribution in [2.45, 2.75) is 40.0 Å². The van der Waals surface area contributed by atoms with Crippen molar-refractivity contribution < 1.29 is 19.1 Å². The normalized spacial score (nSPS) is 12.8. The maximum absolute atomic E-state index is 12.5. The summed E-state index contributed by atoms with van der Waals surface area (Å²) in [5.74, 6) is 0.115. The zero-order chi connectivity index (χ0) is 18.0. The predicted molar refractivity (Wildman–Crippen MR) is 94.5 cm³/mol. The van der Waals surface area contributed by atoms with Crippen LogP contribution in [0.3, 0.4) is 0 Å². The highest BCUT2D eigenvalue weighted by Crippen LogP contribution is 2.26. The summed E-state index contributed by atoms with van der Waals surface area (Å²) in [6, 6.07) is 6.01. The van der Waals surface area contributed by atoms with Gasteiger partial charge >= 0.3 is 5.97 Å². The number of rotatable bonds is 6. The highest BCUT2D eigenvalue weighted by Gasteiger charge is 2.23. The molecule has 0 bridgehead atoms. The SMILES string of the molecule is CCOC(=O)c1c(C)[nH]c(C(=O)COc2ccc3c(c2)CCC3)c1C. The Labute approximate surface area is 147 Å². The largest absolute Gasteiger partial charge is 0.485 e. The minimum absolute atomic E-state index is 0.0676. The van der Waals surface area contributed by atoms with Crippen molar-refractivity contribution in [1.82, 2.24) is 4.98 Å². The van der Waals surface area contributed by atoms with Crippen molar-refractivity contribution in [2.24, 2.45) is 0 Å². The van der Waals surface area contributed by atoms with E-state index in [-0.39, 0.29) is 12.4 Å². The molecule has 1 N–H and O–H groups in total. The molecule has 1 aliphatic rings. The summed E-state index contributed by atoms with van der Waals surface area (Å²) in [4.78, 5) is 27.5. The molecule has 0 spiro atoms. The van der Waals surface area contributed by atoms with Crippen molar-refractivity contribution in [2.75, 3.05) is 13.2 Å². The fraction of sp³-hybridized carbons (Fsp3) is 0.400. The second-order valence-electron chi connectivity index (χ2n) is 6.34. The lowest BCUT2D eigenvalue weighted by Gasteiger charge is -2.08. The molecule has 132 valence electrons. The number of aromatic amines is 1. The average Bonchev–Trinajstić information content (AvgIpc) is 3.16. The number of hydrogen-bond acceptors (Lipinski definition) is 4. The molecule has 0 amide bonds. The van der Waals surface area contributed by atoms with Crippen LogP contribution in [0.15, 0.2) is 18.2 Å². The van der Waals surface area contributed by atoms with E-state index in [0.717, 1.165) is 12.8 Å². The molecule has 0 atom stereocenters. The number of aryl methyl sites for hydroxylation is 3. The maximum Gasteiger partial charge on any atom is 0.340 e. The van der Waals surface area contributed by atoms with E-state index in [1.54, 1.807) is 20.8 Å². The summed E-state index contributed by atoms with van der Waals surface area (Å²) in [5.41, 5.74) is 4.76. The minimum atomic E-state index is -0.410. The number of esters is 1. The van der Waals surface area contributed by atoms with Crippen LogP contribution in [0.25, 0.3) is 0 Å². The van der Waals surface area contributed by atoms with Crippen LogP contribution in [-0.4, -0.2) is 30.0 Å². The molecular formula is C20H23NO4. The zero-order valence-corrected chi connectivity index (χ0v) is 14.9. The molecular weight excluding hydrogens is 318 g/mol. The molecule has 0 radical (unpaired) electrons. The summed E-state index contributed by atoms with van der Waals surface area (Å²) >= 11 is 0.